The van der Waals surface area contributed by atoms with Crippen LogP contribution in [0.15, 0.2) is 11.1 Å². The summed E-state index contributed by atoms with van der Waals surface area (Å²) in [4.78, 5) is 7.91. The fraction of sp³-hybridized carbons (Fsp3) is 0.429. The van der Waals surface area contributed by atoms with Gasteiger partial charge in [-0.25, -0.2) is 18.4 Å². The van der Waals surface area contributed by atoms with Crippen molar-refractivity contribution in [3.8, 4) is 0 Å². The van der Waals surface area contributed by atoms with E-state index in [1.54, 1.807) is 6.92 Å². The highest BCUT2D eigenvalue weighted by Crippen LogP contribution is 2.10. The molecule has 0 atom stereocenters. The molecule has 0 aliphatic heterocycles. The SMILES string of the molecule is Cc1nc(CN)ncc1S(C)(=O)=O. The van der Waals surface area contributed by atoms with E-state index >= 15 is 0 Å². The summed E-state index contributed by atoms with van der Waals surface area (Å²) < 4.78 is 22.3. The summed E-state index contributed by atoms with van der Waals surface area (Å²) >= 11 is 0. The first-order valence-electron chi connectivity index (χ1n) is 3.68. The van der Waals surface area contributed by atoms with E-state index in [-0.39, 0.29) is 11.4 Å². The number of rotatable bonds is 2. The molecule has 5 nitrogen and oxygen atoms in total. The van der Waals surface area contributed by atoms with Gasteiger partial charge < -0.3 is 5.73 Å². The fourth-order valence-corrected chi connectivity index (χ4v) is 1.79. The quantitative estimate of drug-likeness (QED) is 0.706. The number of hydrogen-bond acceptors (Lipinski definition) is 5. The van der Waals surface area contributed by atoms with Crippen molar-refractivity contribution in [2.75, 3.05) is 6.26 Å². The number of hydrogen-bond donors (Lipinski definition) is 1. The molecule has 0 fully saturated rings. The van der Waals surface area contributed by atoms with Crippen molar-refractivity contribution in [2.24, 2.45) is 5.73 Å². The third-order valence-electron chi connectivity index (χ3n) is 1.57. The molecule has 1 aromatic rings. The van der Waals surface area contributed by atoms with Crippen molar-refractivity contribution < 1.29 is 8.42 Å². The topological polar surface area (TPSA) is 85.9 Å². The lowest BCUT2D eigenvalue weighted by molar-refractivity contribution is 0.599. The van der Waals surface area contributed by atoms with Crippen LogP contribution in [0.25, 0.3) is 0 Å². The van der Waals surface area contributed by atoms with Gasteiger partial charge in [-0.05, 0) is 6.92 Å². The molecule has 0 unspecified atom stereocenters. The van der Waals surface area contributed by atoms with Crippen LogP contribution in [0.5, 0.6) is 0 Å². The van der Waals surface area contributed by atoms with E-state index in [2.05, 4.69) is 9.97 Å². The van der Waals surface area contributed by atoms with Crippen LogP contribution in [0.3, 0.4) is 0 Å². The number of aryl methyl sites for hydroxylation is 1. The molecule has 13 heavy (non-hydrogen) atoms. The first-order valence-corrected chi connectivity index (χ1v) is 5.57. The van der Waals surface area contributed by atoms with Gasteiger partial charge in [-0.15, -0.1) is 0 Å². The Morgan fingerprint density at radius 1 is 1.54 bits per heavy atom. The van der Waals surface area contributed by atoms with Crippen LogP contribution in [-0.2, 0) is 16.4 Å². The Bertz CT molecular complexity index is 414. The monoisotopic (exact) mass is 201 g/mol. The van der Waals surface area contributed by atoms with Gasteiger partial charge in [0.1, 0.15) is 10.7 Å². The lowest BCUT2D eigenvalue weighted by atomic mass is 10.4. The molecular weight excluding hydrogens is 190 g/mol. The molecule has 0 spiro atoms. The summed E-state index contributed by atoms with van der Waals surface area (Å²) in [7, 11) is -3.22. The van der Waals surface area contributed by atoms with Crippen LogP contribution in [0, 0.1) is 6.92 Å². The van der Waals surface area contributed by atoms with Crippen molar-refractivity contribution in [3.63, 3.8) is 0 Å². The summed E-state index contributed by atoms with van der Waals surface area (Å²) in [5.41, 5.74) is 5.75. The average molecular weight is 201 g/mol. The van der Waals surface area contributed by atoms with Gasteiger partial charge >= 0.3 is 0 Å². The molecule has 2 N–H and O–H groups in total. The number of sulfone groups is 1. The third-order valence-corrected chi connectivity index (χ3v) is 2.77. The fourth-order valence-electron chi connectivity index (χ4n) is 0.966. The van der Waals surface area contributed by atoms with E-state index in [1.807, 2.05) is 0 Å². The second-order valence-electron chi connectivity index (χ2n) is 2.71. The van der Waals surface area contributed by atoms with Crippen LogP contribution in [0.2, 0.25) is 0 Å². The molecule has 1 aromatic heterocycles. The Balaban J connectivity index is 3.29. The van der Waals surface area contributed by atoms with Gasteiger partial charge in [0.15, 0.2) is 9.84 Å². The van der Waals surface area contributed by atoms with Crippen molar-refractivity contribution in [1.82, 2.24) is 9.97 Å². The zero-order valence-corrected chi connectivity index (χ0v) is 8.30. The molecule has 1 rings (SSSR count). The van der Waals surface area contributed by atoms with Crippen LogP contribution < -0.4 is 5.73 Å². The van der Waals surface area contributed by atoms with Gasteiger partial charge in [-0.1, -0.05) is 0 Å². The summed E-state index contributed by atoms with van der Waals surface area (Å²) in [5.74, 6) is 0.449. The lowest BCUT2D eigenvalue weighted by Crippen LogP contribution is -2.08. The molecule has 0 amide bonds. The second-order valence-corrected chi connectivity index (χ2v) is 4.70. The average Bonchev–Trinajstić information content (AvgIpc) is 2.01. The predicted molar refractivity (Wildman–Crippen MR) is 47.8 cm³/mol. The normalized spacial score (nSPS) is 11.6. The zero-order chi connectivity index (χ0) is 10.1. The molecular formula is C7H11N3O2S. The van der Waals surface area contributed by atoms with E-state index in [0.29, 0.717) is 11.5 Å². The molecule has 6 heteroatoms. The van der Waals surface area contributed by atoms with Gasteiger partial charge in [-0.2, -0.15) is 0 Å². The maximum absolute atomic E-state index is 11.1. The van der Waals surface area contributed by atoms with Gasteiger partial charge in [0, 0.05) is 12.5 Å². The largest absolute Gasteiger partial charge is 0.324 e. The van der Waals surface area contributed by atoms with Crippen LogP contribution in [0.4, 0.5) is 0 Å². The minimum absolute atomic E-state index is 0.157. The van der Waals surface area contributed by atoms with Crippen LogP contribution in [0.1, 0.15) is 11.5 Å². The summed E-state index contributed by atoms with van der Waals surface area (Å²) in [6.45, 7) is 1.84. The van der Waals surface area contributed by atoms with Gasteiger partial charge in [-0.3, -0.25) is 0 Å². The molecule has 0 bridgehead atoms. The lowest BCUT2D eigenvalue weighted by Gasteiger charge is -2.02. The summed E-state index contributed by atoms with van der Waals surface area (Å²) in [6.07, 6.45) is 2.42. The standard InChI is InChI=1S/C7H11N3O2S/c1-5-6(13(2,11)12)4-9-7(3-8)10-5/h4H,3,8H2,1-2H3. The van der Waals surface area contributed by atoms with E-state index in [1.165, 1.54) is 6.20 Å². The Labute approximate surface area is 76.9 Å². The molecule has 0 aliphatic rings. The molecule has 0 aromatic carbocycles. The van der Waals surface area contributed by atoms with Crippen LogP contribution in [-0.4, -0.2) is 24.6 Å². The first kappa shape index (κ1) is 10.1. The van der Waals surface area contributed by atoms with Gasteiger partial charge in [0.2, 0.25) is 0 Å². The summed E-state index contributed by atoms with van der Waals surface area (Å²) in [5, 5.41) is 0. The first-order chi connectivity index (χ1) is 5.95. The Hall–Kier alpha value is -1.01. The Morgan fingerprint density at radius 2 is 2.15 bits per heavy atom. The number of nitrogens with zero attached hydrogens (tertiary/aromatic N) is 2. The highest BCUT2D eigenvalue weighted by atomic mass is 32.2. The Morgan fingerprint density at radius 3 is 2.54 bits per heavy atom. The van der Waals surface area contributed by atoms with E-state index < -0.39 is 9.84 Å². The molecule has 0 saturated heterocycles. The van der Waals surface area contributed by atoms with E-state index in [4.69, 9.17) is 5.73 Å². The van der Waals surface area contributed by atoms with Crippen LogP contribution >= 0.6 is 0 Å². The highest BCUT2D eigenvalue weighted by molar-refractivity contribution is 7.90. The maximum atomic E-state index is 11.1. The predicted octanol–water partition coefficient (Wildman–Crippen LogP) is -0.353. The van der Waals surface area contributed by atoms with Crippen molar-refractivity contribution >= 4 is 9.84 Å². The van der Waals surface area contributed by atoms with E-state index in [0.717, 1.165) is 6.26 Å². The second kappa shape index (κ2) is 3.39. The minimum Gasteiger partial charge on any atom is -0.324 e. The Kier molecular flexibility index (Phi) is 2.63. The molecule has 0 aliphatic carbocycles. The smallest absolute Gasteiger partial charge is 0.178 e. The zero-order valence-electron chi connectivity index (χ0n) is 7.48. The third kappa shape index (κ3) is 2.22. The van der Waals surface area contributed by atoms with Crippen molar-refractivity contribution in [1.29, 1.82) is 0 Å². The van der Waals surface area contributed by atoms with Gasteiger partial charge in [0.25, 0.3) is 0 Å². The number of nitrogens with two attached hydrogens (primary N) is 1. The molecule has 1 heterocycles. The van der Waals surface area contributed by atoms with Crippen molar-refractivity contribution in [2.45, 2.75) is 18.4 Å². The van der Waals surface area contributed by atoms with Gasteiger partial charge in [0.05, 0.1) is 12.2 Å². The molecule has 0 saturated carbocycles. The molecule has 0 radical (unpaired) electrons. The van der Waals surface area contributed by atoms with E-state index in [9.17, 15) is 8.42 Å². The number of aromatic nitrogens is 2. The minimum atomic E-state index is -3.22. The summed E-state index contributed by atoms with van der Waals surface area (Å²) in [6, 6.07) is 0. The molecule has 72 valence electrons. The maximum Gasteiger partial charge on any atom is 0.178 e. The highest BCUT2D eigenvalue weighted by Gasteiger charge is 2.12. The van der Waals surface area contributed by atoms with Crippen molar-refractivity contribution in [3.05, 3.63) is 17.7 Å².